The summed E-state index contributed by atoms with van der Waals surface area (Å²) >= 11 is 5.81. The minimum atomic E-state index is -0.378. The number of halogens is 1. The lowest BCUT2D eigenvalue weighted by molar-refractivity contribution is -0.121. The van der Waals surface area contributed by atoms with Crippen molar-refractivity contribution in [1.29, 1.82) is 0 Å². The molecule has 0 atom stereocenters. The summed E-state index contributed by atoms with van der Waals surface area (Å²) in [5.74, 6) is 0.493. The topological polar surface area (TPSA) is 70.7 Å². The smallest absolute Gasteiger partial charge is 0.323 e. The van der Waals surface area contributed by atoms with Gasteiger partial charge in [-0.25, -0.2) is 4.79 Å². The molecule has 124 valence electrons. The lowest BCUT2D eigenvalue weighted by Gasteiger charge is -2.28. The molecular formula is C17H16ClN3O3. The zero-order valence-electron chi connectivity index (χ0n) is 13.0. The number of likely N-dealkylation sites (N-methyl/N-ethyl adjacent to an activating group) is 1. The van der Waals surface area contributed by atoms with Crippen LogP contribution in [0.5, 0.6) is 5.75 Å². The molecule has 24 heavy (non-hydrogen) atoms. The fourth-order valence-corrected chi connectivity index (χ4v) is 2.58. The molecule has 0 aliphatic carbocycles. The average Bonchev–Trinajstić information content (AvgIpc) is 2.57. The first-order chi connectivity index (χ1) is 11.6. The van der Waals surface area contributed by atoms with E-state index in [0.29, 0.717) is 34.4 Å². The summed E-state index contributed by atoms with van der Waals surface area (Å²) in [5.41, 5.74) is 1.91. The summed E-state index contributed by atoms with van der Waals surface area (Å²) in [4.78, 5) is 25.5. The first kappa shape index (κ1) is 16.1. The SMILES string of the molecule is CCN1C(=O)COc2cc(NC(=O)Nc3ccc(Cl)cc3)ccc21. The van der Waals surface area contributed by atoms with Crippen LogP contribution in [0.2, 0.25) is 5.02 Å². The molecule has 2 aromatic rings. The Balaban J connectivity index is 1.71. The zero-order chi connectivity index (χ0) is 17.1. The first-order valence-corrected chi connectivity index (χ1v) is 7.85. The molecule has 0 spiro atoms. The number of benzene rings is 2. The van der Waals surface area contributed by atoms with Crippen LogP contribution in [0.1, 0.15) is 6.92 Å². The van der Waals surface area contributed by atoms with E-state index < -0.39 is 0 Å². The zero-order valence-corrected chi connectivity index (χ0v) is 13.8. The van der Waals surface area contributed by atoms with Gasteiger partial charge in [0.05, 0.1) is 5.69 Å². The van der Waals surface area contributed by atoms with E-state index in [4.69, 9.17) is 16.3 Å². The molecular weight excluding hydrogens is 330 g/mol. The number of carbonyl (C=O) groups is 2. The Morgan fingerprint density at radius 3 is 2.54 bits per heavy atom. The number of fused-ring (bicyclic) bond motifs is 1. The Morgan fingerprint density at radius 1 is 1.17 bits per heavy atom. The van der Waals surface area contributed by atoms with E-state index in [1.165, 1.54) is 0 Å². The molecule has 0 aromatic heterocycles. The molecule has 3 rings (SSSR count). The molecule has 1 aliphatic rings. The van der Waals surface area contributed by atoms with Crippen LogP contribution in [0.15, 0.2) is 42.5 Å². The van der Waals surface area contributed by atoms with Gasteiger partial charge in [-0.15, -0.1) is 0 Å². The molecule has 3 amide bonds. The van der Waals surface area contributed by atoms with Gasteiger partial charge in [-0.3, -0.25) is 4.79 Å². The molecule has 0 saturated carbocycles. The number of carbonyl (C=O) groups excluding carboxylic acids is 2. The standard InChI is InChI=1S/C17H16ClN3O3/c1-2-21-14-8-7-13(9-15(14)24-10-16(21)22)20-17(23)19-12-5-3-11(18)4-6-12/h3-9H,2,10H2,1H3,(H2,19,20,23). The second-order valence-corrected chi connectivity index (χ2v) is 5.63. The predicted octanol–water partition coefficient (Wildman–Crippen LogP) is 3.73. The highest BCUT2D eigenvalue weighted by atomic mass is 35.5. The molecule has 1 heterocycles. The average molecular weight is 346 g/mol. The van der Waals surface area contributed by atoms with E-state index in [1.807, 2.05) is 6.92 Å². The minimum absolute atomic E-state index is 0.00125. The van der Waals surface area contributed by atoms with Crippen LogP contribution in [0.3, 0.4) is 0 Å². The van der Waals surface area contributed by atoms with Crippen molar-refractivity contribution >= 4 is 40.6 Å². The van der Waals surface area contributed by atoms with Crippen LogP contribution in [0, 0.1) is 0 Å². The van der Waals surface area contributed by atoms with Gasteiger partial charge in [-0.05, 0) is 43.3 Å². The summed E-state index contributed by atoms with van der Waals surface area (Å²) in [5, 5.41) is 6.04. The molecule has 0 bridgehead atoms. The molecule has 2 N–H and O–H groups in total. The van der Waals surface area contributed by atoms with Crippen molar-refractivity contribution in [2.45, 2.75) is 6.92 Å². The van der Waals surface area contributed by atoms with Crippen LogP contribution >= 0.6 is 11.6 Å². The van der Waals surface area contributed by atoms with Crippen molar-refractivity contribution in [2.75, 3.05) is 28.7 Å². The summed E-state index contributed by atoms with van der Waals surface area (Å²) in [6.45, 7) is 2.47. The Bertz CT molecular complexity index is 777. The number of hydrogen-bond acceptors (Lipinski definition) is 3. The number of rotatable bonds is 3. The first-order valence-electron chi connectivity index (χ1n) is 7.47. The molecule has 1 aliphatic heterocycles. The molecule has 0 radical (unpaired) electrons. The maximum absolute atomic E-state index is 12.0. The number of hydrogen-bond donors (Lipinski definition) is 2. The van der Waals surface area contributed by atoms with Crippen molar-refractivity contribution in [3.8, 4) is 5.75 Å². The van der Waals surface area contributed by atoms with Gasteiger partial charge < -0.3 is 20.3 Å². The van der Waals surface area contributed by atoms with E-state index in [1.54, 1.807) is 47.4 Å². The minimum Gasteiger partial charge on any atom is -0.481 e. The molecule has 7 heteroatoms. The third-order valence-corrected chi connectivity index (χ3v) is 3.83. The molecule has 6 nitrogen and oxygen atoms in total. The second-order valence-electron chi connectivity index (χ2n) is 5.20. The van der Waals surface area contributed by atoms with Crippen LogP contribution < -0.4 is 20.3 Å². The summed E-state index contributed by atoms with van der Waals surface area (Å²) < 4.78 is 5.44. The summed E-state index contributed by atoms with van der Waals surface area (Å²) in [6, 6.07) is 11.6. The normalized spacial score (nSPS) is 13.1. The van der Waals surface area contributed by atoms with Gasteiger partial charge in [0.1, 0.15) is 5.75 Å². The molecule has 0 fully saturated rings. The molecule has 2 aromatic carbocycles. The van der Waals surface area contributed by atoms with Crippen molar-refractivity contribution in [2.24, 2.45) is 0 Å². The number of nitrogens with zero attached hydrogens (tertiary/aromatic N) is 1. The Hall–Kier alpha value is -2.73. The van der Waals surface area contributed by atoms with E-state index in [9.17, 15) is 9.59 Å². The molecule has 0 saturated heterocycles. The van der Waals surface area contributed by atoms with E-state index in [0.717, 1.165) is 0 Å². The highest BCUT2D eigenvalue weighted by Gasteiger charge is 2.24. The van der Waals surface area contributed by atoms with Crippen molar-refractivity contribution in [3.63, 3.8) is 0 Å². The highest BCUT2D eigenvalue weighted by molar-refractivity contribution is 6.30. The van der Waals surface area contributed by atoms with Gasteiger partial charge in [0.25, 0.3) is 5.91 Å². The number of nitrogens with one attached hydrogen (secondary N) is 2. The Kier molecular flexibility index (Phi) is 4.57. The summed E-state index contributed by atoms with van der Waals surface area (Å²) in [7, 11) is 0. The van der Waals surface area contributed by atoms with E-state index >= 15 is 0 Å². The van der Waals surface area contributed by atoms with Gasteiger partial charge in [0.2, 0.25) is 0 Å². The van der Waals surface area contributed by atoms with Crippen LogP contribution in [0.4, 0.5) is 21.9 Å². The van der Waals surface area contributed by atoms with Crippen molar-refractivity contribution in [3.05, 3.63) is 47.5 Å². The van der Waals surface area contributed by atoms with Gasteiger partial charge in [0, 0.05) is 29.0 Å². The molecule has 0 unspecified atom stereocenters. The maximum atomic E-state index is 12.0. The number of anilines is 3. The maximum Gasteiger partial charge on any atom is 0.323 e. The number of urea groups is 1. The Morgan fingerprint density at radius 2 is 1.83 bits per heavy atom. The fraction of sp³-hybridized carbons (Fsp3) is 0.176. The second kappa shape index (κ2) is 6.80. The van der Waals surface area contributed by atoms with Crippen molar-refractivity contribution < 1.29 is 14.3 Å². The van der Waals surface area contributed by atoms with Gasteiger partial charge in [0.15, 0.2) is 6.61 Å². The monoisotopic (exact) mass is 345 g/mol. The highest BCUT2D eigenvalue weighted by Crippen LogP contribution is 2.34. The third-order valence-electron chi connectivity index (χ3n) is 3.58. The van der Waals surface area contributed by atoms with Crippen LogP contribution in [-0.4, -0.2) is 25.1 Å². The lowest BCUT2D eigenvalue weighted by atomic mass is 10.2. The van der Waals surface area contributed by atoms with E-state index in [2.05, 4.69) is 10.6 Å². The van der Waals surface area contributed by atoms with Crippen LogP contribution in [0.25, 0.3) is 0 Å². The van der Waals surface area contributed by atoms with Gasteiger partial charge in [-0.2, -0.15) is 0 Å². The summed E-state index contributed by atoms with van der Waals surface area (Å²) in [6.07, 6.45) is 0. The third kappa shape index (κ3) is 3.44. The number of amides is 3. The van der Waals surface area contributed by atoms with Gasteiger partial charge >= 0.3 is 6.03 Å². The number of ether oxygens (including phenoxy) is 1. The largest absolute Gasteiger partial charge is 0.481 e. The van der Waals surface area contributed by atoms with Gasteiger partial charge in [-0.1, -0.05) is 11.6 Å². The fourth-order valence-electron chi connectivity index (χ4n) is 2.46. The lowest BCUT2D eigenvalue weighted by Crippen LogP contribution is -2.38. The van der Waals surface area contributed by atoms with Crippen molar-refractivity contribution in [1.82, 2.24) is 0 Å². The van der Waals surface area contributed by atoms with Crippen LogP contribution in [-0.2, 0) is 4.79 Å². The van der Waals surface area contributed by atoms with E-state index in [-0.39, 0.29) is 18.5 Å². The predicted molar refractivity (Wildman–Crippen MR) is 94.1 cm³/mol. The Labute approximate surface area is 144 Å². The quantitative estimate of drug-likeness (QED) is 0.890.